The van der Waals surface area contributed by atoms with Gasteiger partial charge in [0.2, 0.25) is 0 Å². The minimum absolute atomic E-state index is 0.0919. The van der Waals surface area contributed by atoms with Crippen LogP contribution in [0, 0.1) is 5.92 Å². The van der Waals surface area contributed by atoms with Crippen LogP contribution in [-0.4, -0.2) is 65.4 Å². The van der Waals surface area contributed by atoms with Crippen LogP contribution in [0.4, 0.5) is 0 Å². The van der Waals surface area contributed by atoms with Crippen LogP contribution in [0.2, 0.25) is 0 Å². The Morgan fingerprint density at radius 3 is 2.62 bits per heavy atom. The van der Waals surface area contributed by atoms with Crippen molar-refractivity contribution in [2.75, 3.05) is 32.7 Å². The van der Waals surface area contributed by atoms with Gasteiger partial charge in [0.05, 0.1) is 0 Å². The van der Waals surface area contributed by atoms with Crippen LogP contribution in [0.1, 0.15) is 40.3 Å². The number of aromatic nitrogens is 1. The molecule has 7 nitrogen and oxygen atoms in total. The van der Waals surface area contributed by atoms with Crippen LogP contribution >= 0.6 is 0 Å². The summed E-state index contributed by atoms with van der Waals surface area (Å²) in [6.45, 7) is 4.76. The summed E-state index contributed by atoms with van der Waals surface area (Å²) >= 11 is 0. The molecule has 4 saturated heterocycles. The summed E-state index contributed by atoms with van der Waals surface area (Å²) in [5, 5.41) is 3.88. The zero-order chi connectivity index (χ0) is 17.7. The van der Waals surface area contributed by atoms with Gasteiger partial charge in [0.1, 0.15) is 11.3 Å². The largest absolute Gasteiger partial charge is 0.451 e. The third-order valence-corrected chi connectivity index (χ3v) is 5.96. The van der Waals surface area contributed by atoms with Crippen molar-refractivity contribution < 1.29 is 14.0 Å². The van der Waals surface area contributed by atoms with Crippen LogP contribution in [0.5, 0.6) is 0 Å². The molecular formula is C19H22N4O3. The van der Waals surface area contributed by atoms with Crippen LogP contribution < -0.4 is 5.32 Å². The number of rotatable bonds is 3. The van der Waals surface area contributed by atoms with Crippen molar-refractivity contribution in [3.8, 4) is 0 Å². The summed E-state index contributed by atoms with van der Waals surface area (Å²) in [6.07, 6.45) is 4.95. The van der Waals surface area contributed by atoms with Gasteiger partial charge in [-0.15, -0.1) is 0 Å². The van der Waals surface area contributed by atoms with E-state index in [1.54, 1.807) is 23.2 Å². The van der Waals surface area contributed by atoms with E-state index in [1.807, 2.05) is 0 Å². The molecule has 4 aliphatic rings. The molecule has 2 aromatic heterocycles. The standard InChI is InChI=1S/C19H22N4O3/c24-18(21-15-11-22-6-2-12(15)3-7-22)14-9-16-13(10-20-14)8-17(26-16)19(25)23-4-1-5-23/h8-10,12,15H,1-7,11H2,(H,21,24)/t15-/m0/s1. The Kier molecular flexibility index (Phi) is 3.70. The molecule has 7 heteroatoms. The molecule has 6 rings (SSSR count). The maximum Gasteiger partial charge on any atom is 0.289 e. The van der Waals surface area contributed by atoms with Crippen molar-refractivity contribution in [2.24, 2.45) is 5.92 Å². The van der Waals surface area contributed by atoms with Gasteiger partial charge in [-0.3, -0.25) is 14.6 Å². The lowest BCUT2D eigenvalue weighted by Crippen LogP contribution is -2.57. The van der Waals surface area contributed by atoms with Gasteiger partial charge in [0.15, 0.2) is 5.76 Å². The molecule has 1 atom stereocenters. The lowest BCUT2D eigenvalue weighted by molar-refractivity contribution is 0.0616. The number of carbonyl (C=O) groups is 2. The first-order valence-corrected chi connectivity index (χ1v) is 9.39. The zero-order valence-corrected chi connectivity index (χ0v) is 14.6. The number of fused-ring (bicyclic) bond motifs is 4. The number of nitrogens with one attached hydrogen (secondary N) is 1. The van der Waals surface area contributed by atoms with Crippen molar-refractivity contribution in [1.29, 1.82) is 0 Å². The first-order chi connectivity index (χ1) is 12.7. The Labute approximate surface area is 151 Å². The fraction of sp³-hybridized carbons (Fsp3) is 0.526. The number of nitrogens with zero attached hydrogens (tertiary/aromatic N) is 3. The highest BCUT2D eigenvalue weighted by molar-refractivity contribution is 5.99. The molecular weight excluding hydrogens is 332 g/mol. The number of hydrogen-bond donors (Lipinski definition) is 1. The Morgan fingerprint density at radius 1 is 1.15 bits per heavy atom. The number of piperidine rings is 3. The fourth-order valence-electron chi connectivity index (χ4n) is 4.21. The molecule has 6 heterocycles. The van der Waals surface area contributed by atoms with Gasteiger partial charge in [-0.25, -0.2) is 0 Å². The summed E-state index contributed by atoms with van der Waals surface area (Å²) < 4.78 is 5.70. The second-order valence-electron chi connectivity index (χ2n) is 7.58. The summed E-state index contributed by atoms with van der Waals surface area (Å²) in [4.78, 5) is 33.3. The van der Waals surface area contributed by atoms with E-state index in [9.17, 15) is 9.59 Å². The summed E-state index contributed by atoms with van der Waals surface area (Å²) in [5.74, 6) is 0.622. The van der Waals surface area contributed by atoms with Gasteiger partial charge in [-0.1, -0.05) is 0 Å². The molecule has 0 spiro atoms. The van der Waals surface area contributed by atoms with E-state index in [1.165, 1.54) is 0 Å². The average Bonchev–Trinajstić information content (AvgIpc) is 3.04. The first kappa shape index (κ1) is 15.8. The minimum atomic E-state index is -0.169. The Balaban J connectivity index is 1.33. The second-order valence-corrected chi connectivity index (χ2v) is 7.58. The number of likely N-dealkylation sites (tertiary alicyclic amines) is 1. The SMILES string of the molecule is O=C(N[C@H]1CN2CCC1CC2)c1cc2oc(C(=O)N3CCC3)cc2cn1. The van der Waals surface area contributed by atoms with E-state index in [0.29, 0.717) is 23.0 Å². The molecule has 2 aromatic rings. The number of carbonyl (C=O) groups excluding carboxylic acids is 2. The lowest BCUT2D eigenvalue weighted by atomic mass is 9.84. The van der Waals surface area contributed by atoms with Gasteiger partial charge >= 0.3 is 0 Å². The molecule has 26 heavy (non-hydrogen) atoms. The fourth-order valence-corrected chi connectivity index (χ4v) is 4.21. The monoisotopic (exact) mass is 354 g/mol. The van der Waals surface area contributed by atoms with E-state index >= 15 is 0 Å². The highest BCUT2D eigenvalue weighted by Crippen LogP contribution is 2.28. The molecule has 0 aromatic carbocycles. The van der Waals surface area contributed by atoms with Gasteiger partial charge in [-0.05, 0) is 44.3 Å². The molecule has 2 amide bonds. The van der Waals surface area contributed by atoms with Crippen molar-refractivity contribution in [1.82, 2.24) is 20.1 Å². The van der Waals surface area contributed by atoms with E-state index in [0.717, 1.165) is 57.4 Å². The summed E-state index contributed by atoms with van der Waals surface area (Å²) in [7, 11) is 0. The first-order valence-electron chi connectivity index (χ1n) is 9.39. The molecule has 136 valence electrons. The summed E-state index contributed by atoms with van der Waals surface area (Å²) in [6, 6.07) is 3.54. The molecule has 2 bridgehead atoms. The average molecular weight is 354 g/mol. The Hall–Kier alpha value is -2.41. The predicted octanol–water partition coefficient (Wildman–Crippen LogP) is 1.50. The molecule has 1 N–H and O–H groups in total. The van der Waals surface area contributed by atoms with Gasteiger partial charge < -0.3 is 19.5 Å². The van der Waals surface area contributed by atoms with E-state index < -0.39 is 0 Å². The third-order valence-electron chi connectivity index (χ3n) is 5.96. The maximum absolute atomic E-state index is 12.6. The normalized spacial score (nSPS) is 27.4. The van der Waals surface area contributed by atoms with Gasteiger partial charge in [0, 0.05) is 43.3 Å². The van der Waals surface area contributed by atoms with Crippen LogP contribution in [-0.2, 0) is 0 Å². The van der Waals surface area contributed by atoms with Crippen molar-refractivity contribution in [3.63, 3.8) is 0 Å². The second kappa shape index (κ2) is 6.09. The molecule has 0 aliphatic carbocycles. The zero-order valence-electron chi connectivity index (χ0n) is 14.6. The number of pyridine rings is 1. The van der Waals surface area contributed by atoms with Gasteiger partial charge in [0.25, 0.3) is 11.8 Å². The Bertz CT molecular complexity index is 865. The Morgan fingerprint density at radius 2 is 1.96 bits per heavy atom. The number of amides is 2. The summed E-state index contributed by atoms with van der Waals surface area (Å²) in [5.41, 5.74) is 0.870. The van der Waals surface area contributed by atoms with Crippen molar-refractivity contribution in [3.05, 3.63) is 29.8 Å². The van der Waals surface area contributed by atoms with Crippen LogP contribution in [0.25, 0.3) is 11.0 Å². The molecule has 0 saturated carbocycles. The molecule has 0 radical (unpaired) electrons. The highest BCUT2D eigenvalue weighted by atomic mass is 16.3. The predicted molar refractivity (Wildman–Crippen MR) is 94.9 cm³/mol. The van der Waals surface area contributed by atoms with Gasteiger partial charge in [-0.2, -0.15) is 0 Å². The molecule has 4 fully saturated rings. The van der Waals surface area contributed by atoms with Crippen LogP contribution in [0.15, 0.2) is 22.7 Å². The van der Waals surface area contributed by atoms with E-state index in [-0.39, 0.29) is 17.9 Å². The third kappa shape index (κ3) is 2.67. The highest BCUT2D eigenvalue weighted by Gasteiger charge is 2.35. The van der Waals surface area contributed by atoms with Crippen LogP contribution in [0.3, 0.4) is 0 Å². The lowest BCUT2D eigenvalue weighted by Gasteiger charge is -2.44. The number of hydrogen-bond acceptors (Lipinski definition) is 5. The molecule has 0 unspecified atom stereocenters. The maximum atomic E-state index is 12.6. The smallest absolute Gasteiger partial charge is 0.289 e. The quantitative estimate of drug-likeness (QED) is 0.904. The topological polar surface area (TPSA) is 78.7 Å². The van der Waals surface area contributed by atoms with Crippen molar-refractivity contribution in [2.45, 2.75) is 25.3 Å². The van der Waals surface area contributed by atoms with Crippen molar-refractivity contribution >= 4 is 22.8 Å². The van der Waals surface area contributed by atoms with E-state index in [4.69, 9.17) is 4.42 Å². The minimum Gasteiger partial charge on any atom is -0.451 e. The molecule has 4 aliphatic heterocycles. The van der Waals surface area contributed by atoms with E-state index in [2.05, 4.69) is 15.2 Å². The number of furan rings is 1.